The molecular weight excluding hydrogens is 218 g/mol. The van der Waals surface area contributed by atoms with Crippen LogP contribution in [0.25, 0.3) is 0 Å². The highest BCUT2D eigenvalue weighted by molar-refractivity contribution is 4.82. The molecule has 1 N–H and O–H groups in total. The van der Waals surface area contributed by atoms with Crippen LogP contribution in [0.15, 0.2) is 0 Å². The van der Waals surface area contributed by atoms with E-state index >= 15 is 0 Å². The van der Waals surface area contributed by atoms with Gasteiger partial charge >= 0.3 is 0 Å². The van der Waals surface area contributed by atoms with E-state index in [9.17, 15) is 0 Å². The molecule has 3 unspecified atom stereocenters. The Kier molecular flexibility index (Phi) is 6.01. The second-order valence-electron chi connectivity index (χ2n) is 6.92. The zero-order chi connectivity index (χ0) is 12.8. The molecule has 0 radical (unpaired) electrons. The summed E-state index contributed by atoms with van der Waals surface area (Å²) in [5.41, 5.74) is 0. The summed E-state index contributed by atoms with van der Waals surface area (Å²) in [4.78, 5) is 0. The van der Waals surface area contributed by atoms with E-state index in [0.717, 1.165) is 30.3 Å². The molecule has 0 aromatic heterocycles. The summed E-state index contributed by atoms with van der Waals surface area (Å²) in [7, 11) is 0. The highest BCUT2D eigenvalue weighted by Crippen LogP contribution is 2.34. The molecule has 0 heterocycles. The summed E-state index contributed by atoms with van der Waals surface area (Å²) in [5, 5.41) is 3.80. The highest BCUT2D eigenvalue weighted by atomic mass is 14.9. The fourth-order valence-electron chi connectivity index (χ4n) is 4.33. The van der Waals surface area contributed by atoms with Crippen LogP contribution in [0, 0.1) is 17.8 Å². The van der Waals surface area contributed by atoms with Crippen molar-refractivity contribution in [1.82, 2.24) is 5.32 Å². The third-order valence-electron chi connectivity index (χ3n) is 5.37. The average Bonchev–Trinajstić information content (AvgIpc) is 2.87. The molecule has 1 heteroatoms. The maximum Gasteiger partial charge on any atom is 0.00954 e. The van der Waals surface area contributed by atoms with E-state index in [1.165, 1.54) is 64.2 Å². The van der Waals surface area contributed by atoms with Crippen molar-refractivity contribution in [3.05, 3.63) is 0 Å². The summed E-state index contributed by atoms with van der Waals surface area (Å²) in [6.45, 7) is 5.88. The van der Waals surface area contributed by atoms with Crippen molar-refractivity contribution < 1.29 is 0 Å². The van der Waals surface area contributed by atoms with E-state index in [-0.39, 0.29) is 0 Å². The van der Waals surface area contributed by atoms with Gasteiger partial charge in [0.1, 0.15) is 0 Å². The minimum Gasteiger partial charge on any atom is -0.314 e. The smallest absolute Gasteiger partial charge is 0.00954 e. The first-order valence-corrected chi connectivity index (χ1v) is 8.53. The van der Waals surface area contributed by atoms with Gasteiger partial charge in [0.15, 0.2) is 0 Å². The lowest BCUT2D eigenvalue weighted by atomic mass is 9.77. The molecule has 0 spiro atoms. The lowest BCUT2D eigenvalue weighted by Gasteiger charge is -2.34. The van der Waals surface area contributed by atoms with Crippen LogP contribution in [-0.2, 0) is 0 Å². The third-order valence-corrected chi connectivity index (χ3v) is 5.37. The molecule has 2 rings (SSSR count). The van der Waals surface area contributed by atoms with Crippen molar-refractivity contribution in [3.63, 3.8) is 0 Å². The number of nitrogens with one attached hydrogen (secondary N) is 1. The zero-order valence-electron chi connectivity index (χ0n) is 12.6. The second kappa shape index (κ2) is 7.53. The molecule has 2 aliphatic carbocycles. The van der Waals surface area contributed by atoms with E-state index in [2.05, 4.69) is 19.2 Å². The Morgan fingerprint density at radius 2 is 1.83 bits per heavy atom. The SMILES string of the molecule is CCNC(CCC1CCCC1)C1CCCC(C)C1. The molecule has 1 nitrogen and oxygen atoms in total. The summed E-state index contributed by atoms with van der Waals surface area (Å²) in [5.74, 6) is 3.00. The third kappa shape index (κ3) is 4.26. The zero-order valence-corrected chi connectivity index (χ0v) is 12.6. The lowest BCUT2D eigenvalue weighted by molar-refractivity contribution is 0.209. The standard InChI is InChI=1S/C17H33N/c1-3-18-17(12-11-15-8-4-5-9-15)16-10-6-7-14(2)13-16/h14-18H,3-13H2,1-2H3. The fourth-order valence-corrected chi connectivity index (χ4v) is 4.33. The maximum atomic E-state index is 3.80. The highest BCUT2D eigenvalue weighted by Gasteiger charge is 2.27. The van der Waals surface area contributed by atoms with Crippen LogP contribution >= 0.6 is 0 Å². The van der Waals surface area contributed by atoms with Gasteiger partial charge in [-0.05, 0) is 50.0 Å². The van der Waals surface area contributed by atoms with Crippen LogP contribution in [0.5, 0.6) is 0 Å². The Bertz CT molecular complexity index is 220. The van der Waals surface area contributed by atoms with Crippen molar-refractivity contribution in [2.45, 2.75) is 84.1 Å². The topological polar surface area (TPSA) is 12.0 Å². The molecule has 106 valence electrons. The fraction of sp³-hybridized carbons (Fsp3) is 1.00. The largest absolute Gasteiger partial charge is 0.314 e. The molecule has 0 bridgehead atoms. The van der Waals surface area contributed by atoms with Gasteiger partial charge in [0.2, 0.25) is 0 Å². The second-order valence-corrected chi connectivity index (χ2v) is 6.92. The Morgan fingerprint density at radius 3 is 2.50 bits per heavy atom. The Labute approximate surface area is 114 Å². The monoisotopic (exact) mass is 251 g/mol. The van der Waals surface area contributed by atoms with Crippen molar-refractivity contribution in [2.24, 2.45) is 17.8 Å². The summed E-state index contributed by atoms with van der Waals surface area (Å²) in [6.07, 6.45) is 14.8. The van der Waals surface area contributed by atoms with E-state index < -0.39 is 0 Å². The van der Waals surface area contributed by atoms with Gasteiger partial charge in [-0.1, -0.05) is 52.4 Å². The maximum absolute atomic E-state index is 3.80. The molecule has 2 aliphatic rings. The summed E-state index contributed by atoms with van der Waals surface area (Å²) in [6, 6.07) is 0.818. The first-order valence-electron chi connectivity index (χ1n) is 8.53. The predicted octanol–water partition coefficient (Wildman–Crippen LogP) is 4.76. The first kappa shape index (κ1) is 14.4. The van der Waals surface area contributed by atoms with E-state index in [4.69, 9.17) is 0 Å². The Balaban J connectivity index is 1.78. The minimum absolute atomic E-state index is 0.818. The number of hydrogen-bond acceptors (Lipinski definition) is 1. The molecule has 0 saturated heterocycles. The normalized spacial score (nSPS) is 31.7. The van der Waals surface area contributed by atoms with Crippen molar-refractivity contribution >= 4 is 0 Å². The minimum atomic E-state index is 0.818. The first-order chi connectivity index (χ1) is 8.79. The van der Waals surface area contributed by atoms with E-state index in [1.54, 1.807) is 0 Å². The average molecular weight is 251 g/mol. The summed E-state index contributed by atoms with van der Waals surface area (Å²) >= 11 is 0. The van der Waals surface area contributed by atoms with Gasteiger partial charge in [0.05, 0.1) is 0 Å². The van der Waals surface area contributed by atoms with Crippen LogP contribution in [0.4, 0.5) is 0 Å². The molecule has 3 atom stereocenters. The van der Waals surface area contributed by atoms with Crippen LogP contribution in [-0.4, -0.2) is 12.6 Å². The van der Waals surface area contributed by atoms with Gasteiger partial charge in [0.25, 0.3) is 0 Å². The molecule has 18 heavy (non-hydrogen) atoms. The molecule has 0 aromatic rings. The lowest BCUT2D eigenvalue weighted by Crippen LogP contribution is -2.38. The van der Waals surface area contributed by atoms with Crippen LogP contribution in [0.3, 0.4) is 0 Å². The van der Waals surface area contributed by atoms with Crippen LogP contribution < -0.4 is 5.32 Å². The van der Waals surface area contributed by atoms with Crippen molar-refractivity contribution in [3.8, 4) is 0 Å². The Hall–Kier alpha value is -0.0400. The van der Waals surface area contributed by atoms with Crippen LogP contribution in [0.2, 0.25) is 0 Å². The van der Waals surface area contributed by atoms with E-state index in [1.807, 2.05) is 0 Å². The molecule has 0 aromatic carbocycles. The van der Waals surface area contributed by atoms with Gasteiger partial charge in [-0.3, -0.25) is 0 Å². The number of hydrogen-bond donors (Lipinski definition) is 1. The van der Waals surface area contributed by atoms with Crippen molar-refractivity contribution in [1.29, 1.82) is 0 Å². The van der Waals surface area contributed by atoms with Crippen molar-refractivity contribution in [2.75, 3.05) is 6.54 Å². The predicted molar refractivity (Wildman–Crippen MR) is 79.8 cm³/mol. The molecule has 2 saturated carbocycles. The van der Waals surface area contributed by atoms with Gasteiger partial charge in [-0.2, -0.15) is 0 Å². The van der Waals surface area contributed by atoms with E-state index in [0.29, 0.717) is 0 Å². The number of rotatable bonds is 6. The molecule has 0 aliphatic heterocycles. The molecular formula is C17H33N. The molecule has 2 fully saturated rings. The Morgan fingerprint density at radius 1 is 1.06 bits per heavy atom. The van der Waals surface area contributed by atoms with Crippen LogP contribution in [0.1, 0.15) is 78.1 Å². The quantitative estimate of drug-likeness (QED) is 0.717. The van der Waals surface area contributed by atoms with Gasteiger partial charge in [-0.25, -0.2) is 0 Å². The summed E-state index contributed by atoms with van der Waals surface area (Å²) < 4.78 is 0. The molecule has 0 amide bonds. The van der Waals surface area contributed by atoms with Gasteiger partial charge < -0.3 is 5.32 Å². The van der Waals surface area contributed by atoms with Gasteiger partial charge in [0, 0.05) is 6.04 Å². The van der Waals surface area contributed by atoms with Gasteiger partial charge in [-0.15, -0.1) is 0 Å².